The highest BCUT2D eigenvalue weighted by molar-refractivity contribution is 6.42. The number of rotatable bonds is 2. The molecular weight excluding hydrogens is 305 g/mol. The molecule has 2 fully saturated rings. The summed E-state index contributed by atoms with van der Waals surface area (Å²) in [5.74, 6) is 2.74. The van der Waals surface area contributed by atoms with Crippen LogP contribution in [0.1, 0.15) is 37.3 Å². The zero-order valence-corrected chi connectivity index (χ0v) is 13.1. The summed E-state index contributed by atoms with van der Waals surface area (Å²) >= 11 is 12.2. The molecule has 2 atom stereocenters. The molecule has 2 aromatic rings. The van der Waals surface area contributed by atoms with Crippen LogP contribution in [-0.4, -0.2) is 10.2 Å². The summed E-state index contributed by atoms with van der Waals surface area (Å²) in [7, 11) is 0. The van der Waals surface area contributed by atoms with Crippen molar-refractivity contribution in [3.05, 3.63) is 33.9 Å². The van der Waals surface area contributed by atoms with Crippen LogP contribution in [0.5, 0.6) is 0 Å². The zero-order valence-electron chi connectivity index (χ0n) is 11.6. The number of nitrogens with one attached hydrogen (secondary N) is 1. The Morgan fingerprint density at radius 3 is 2.48 bits per heavy atom. The van der Waals surface area contributed by atoms with Crippen molar-refractivity contribution < 1.29 is 0 Å². The molecule has 0 aliphatic heterocycles. The Labute approximate surface area is 133 Å². The highest BCUT2D eigenvalue weighted by Gasteiger charge is 2.53. The minimum Gasteiger partial charge on any atom is -0.382 e. The number of anilines is 1. The molecule has 0 radical (unpaired) electrons. The molecule has 0 amide bonds. The lowest BCUT2D eigenvalue weighted by molar-refractivity contribution is 0.480. The Morgan fingerprint density at radius 2 is 1.81 bits per heavy atom. The van der Waals surface area contributed by atoms with Crippen molar-refractivity contribution in [3.8, 4) is 11.1 Å². The summed E-state index contributed by atoms with van der Waals surface area (Å²) in [4.78, 5) is 0. The number of nitrogens with two attached hydrogens (primary N) is 1. The molecule has 2 unspecified atom stereocenters. The lowest BCUT2D eigenvalue weighted by Crippen LogP contribution is -1.91. The van der Waals surface area contributed by atoms with E-state index < -0.39 is 0 Å². The molecule has 0 saturated heterocycles. The standard InChI is InChI=1S/C16H17Cl2N3/c17-11-6-5-8(7-12(11)18)13-15(20-21-16(13)19)14-9-3-1-2-4-10(9)14/h5-7,9-10,14H,1-4H2,(H3,19,20,21). The Kier molecular flexibility index (Phi) is 3.16. The first kappa shape index (κ1) is 13.5. The van der Waals surface area contributed by atoms with Gasteiger partial charge in [-0.3, -0.25) is 5.10 Å². The summed E-state index contributed by atoms with van der Waals surface area (Å²) in [6.07, 6.45) is 5.36. The summed E-state index contributed by atoms with van der Waals surface area (Å²) in [6, 6.07) is 5.65. The van der Waals surface area contributed by atoms with Gasteiger partial charge in [0.25, 0.3) is 0 Å². The number of halogens is 2. The smallest absolute Gasteiger partial charge is 0.153 e. The maximum atomic E-state index is 6.15. The maximum Gasteiger partial charge on any atom is 0.153 e. The van der Waals surface area contributed by atoms with E-state index in [0.717, 1.165) is 23.0 Å². The van der Waals surface area contributed by atoms with Gasteiger partial charge in [0.2, 0.25) is 0 Å². The van der Waals surface area contributed by atoms with Gasteiger partial charge in [0.05, 0.1) is 10.0 Å². The van der Waals surface area contributed by atoms with Gasteiger partial charge in [-0.05, 0) is 42.4 Å². The van der Waals surface area contributed by atoms with E-state index in [2.05, 4.69) is 10.2 Å². The highest BCUT2D eigenvalue weighted by atomic mass is 35.5. The maximum absolute atomic E-state index is 6.15. The molecule has 1 aromatic heterocycles. The second-order valence-corrected chi connectivity index (χ2v) is 6.98. The van der Waals surface area contributed by atoms with Crippen molar-refractivity contribution in [2.24, 2.45) is 11.8 Å². The van der Waals surface area contributed by atoms with Crippen LogP contribution in [0, 0.1) is 11.8 Å². The van der Waals surface area contributed by atoms with Gasteiger partial charge in [-0.25, -0.2) is 0 Å². The molecule has 0 bridgehead atoms. The summed E-state index contributed by atoms with van der Waals surface area (Å²) < 4.78 is 0. The second-order valence-electron chi connectivity index (χ2n) is 6.16. The van der Waals surface area contributed by atoms with Crippen LogP contribution in [0.25, 0.3) is 11.1 Å². The predicted molar refractivity (Wildman–Crippen MR) is 86.6 cm³/mol. The molecule has 3 N–H and O–H groups in total. The van der Waals surface area contributed by atoms with Crippen LogP contribution in [0.15, 0.2) is 18.2 Å². The number of nitrogen functional groups attached to an aromatic ring is 1. The molecule has 2 aliphatic carbocycles. The molecule has 1 heterocycles. The van der Waals surface area contributed by atoms with Crippen LogP contribution in [0.2, 0.25) is 10.0 Å². The van der Waals surface area contributed by atoms with E-state index in [-0.39, 0.29) is 0 Å². The fraction of sp³-hybridized carbons (Fsp3) is 0.438. The number of benzene rings is 1. The topological polar surface area (TPSA) is 54.7 Å². The first-order chi connectivity index (χ1) is 10.2. The third-order valence-electron chi connectivity index (χ3n) is 5.02. The van der Waals surface area contributed by atoms with Gasteiger partial charge in [-0.1, -0.05) is 42.1 Å². The van der Waals surface area contributed by atoms with Crippen LogP contribution in [-0.2, 0) is 0 Å². The average molecular weight is 322 g/mol. The number of aromatic nitrogens is 2. The second kappa shape index (κ2) is 4.92. The Bertz CT molecular complexity index is 683. The number of H-pyrrole nitrogens is 1. The molecular formula is C16H17Cl2N3. The predicted octanol–water partition coefficient (Wildman–Crippen LogP) is 4.87. The van der Waals surface area contributed by atoms with Gasteiger partial charge < -0.3 is 5.73 Å². The highest BCUT2D eigenvalue weighted by Crippen LogP contribution is 2.62. The van der Waals surface area contributed by atoms with Crippen molar-refractivity contribution in [2.75, 3.05) is 5.73 Å². The monoisotopic (exact) mass is 321 g/mol. The van der Waals surface area contributed by atoms with Gasteiger partial charge in [0.1, 0.15) is 0 Å². The number of hydrogen-bond donors (Lipinski definition) is 2. The first-order valence-electron chi connectivity index (χ1n) is 7.46. The van der Waals surface area contributed by atoms with Crippen molar-refractivity contribution in [2.45, 2.75) is 31.6 Å². The Hall–Kier alpha value is -1.19. The van der Waals surface area contributed by atoms with Crippen LogP contribution in [0.3, 0.4) is 0 Å². The van der Waals surface area contributed by atoms with Crippen molar-refractivity contribution >= 4 is 29.0 Å². The number of hydrogen-bond acceptors (Lipinski definition) is 2. The lowest BCUT2D eigenvalue weighted by atomic mass is 10.0. The largest absolute Gasteiger partial charge is 0.382 e. The zero-order chi connectivity index (χ0) is 14.6. The van der Waals surface area contributed by atoms with Crippen LogP contribution in [0.4, 0.5) is 5.82 Å². The molecule has 21 heavy (non-hydrogen) atoms. The summed E-state index contributed by atoms with van der Waals surface area (Å²) in [6.45, 7) is 0. The third kappa shape index (κ3) is 2.14. The molecule has 0 spiro atoms. The van der Waals surface area contributed by atoms with Gasteiger partial charge in [-0.15, -0.1) is 0 Å². The van der Waals surface area contributed by atoms with E-state index in [1.807, 2.05) is 18.2 Å². The summed E-state index contributed by atoms with van der Waals surface area (Å²) in [5.41, 5.74) is 9.28. The number of aromatic amines is 1. The number of fused-ring (bicyclic) bond motifs is 1. The fourth-order valence-electron chi connectivity index (χ4n) is 3.99. The van der Waals surface area contributed by atoms with E-state index in [0.29, 0.717) is 21.8 Å². The van der Waals surface area contributed by atoms with Gasteiger partial charge in [0.15, 0.2) is 5.82 Å². The van der Waals surface area contributed by atoms with Gasteiger partial charge >= 0.3 is 0 Å². The van der Waals surface area contributed by atoms with E-state index in [4.69, 9.17) is 28.9 Å². The molecule has 1 aromatic carbocycles. The van der Waals surface area contributed by atoms with Crippen molar-refractivity contribution in [1.29, 1.82) is 0 Å². The lowest BCUT2D eigenvalue weighted by Gasteiger charge is -2.06. The average Bonchev–Trinajstić information content (AvgIpc) is 3.09. The first-order valence-corrected chi connectivity index (χ1v) is 8.21. The van der Waals surface area contributed by atoms with E-state index in [1.54, 1.807) is 0 Å². The normalized spacial score (nSPS) is 27.4. The van der Waals surface area contributed by atoms with Crippen molar-refractivity contribution in [1.82, 2.24) is 10.2 Å². The Balaban J connectivity index is 1.75. The van der Waals surface area contributed by atoms with Gasteiger partial charge in [-0.2, -0.15) is 5.10 Å². The third-order valence-corrected chi connectivity index (χ3v) is 5.76. The number of nitrogens with zero attached hydrogens (tertiary/aromatic N) is 1. The molecule has 4 rings (SSSR count). The van der Waals surface area contributed by atoms with Crippen LogP contribution < -0.4 is 5.73 Å². The van der Waals surface area contributed by atoms with Crippen molar-refractivity contribution in [3.63, 3.8) is 0 Å². The molecule has 5 heteroatoms. The van der Waals surface area contributed by atoms with Gasteiger partial charge in [0, 0.05) is 17.2 Å². The SMILES string of the molecule is Nc1n[nH]c(C2C3CCCCC32)c1-c1ccc(Cl)c(Cl)c1. The molecule has 2 saturated carbocycles. The quantitative estimate of drug-likeness (QED) is 0.829. The Morgan fingerprint density at radius 1 is 1.10 bits per heavy atom. The minimum atomic E-state index is 0.548. The summed E-state index contributed by atoms with van der Waals surface area (Å²) in [5, 5.41) is 8.52. The van der Waals surface area contributed by atoms with E-state index in [9.17, 15) is 0 Å². The van der Waals surface area contributed by atoms with E-state index >= 15 is 0 Å². The molecule has 3 nitrogen and oxygen atoms in total. The van der Waals surface area contributed by atoms with E-state index in [1.165, 1.54) is 31.4 Å². The fourth-order valence-corrected chi connectivity index (χ4v) is 4.29. The minimum absolute atomic E-state index is 0.548. The van der Waals surface area contributed by atoms with Crippen LogP contribution >= 0.6 is 23.2 Å². The molecule has 110 valence electrons. The molecule has 2 aliphatic rings.